The van der Waals surface area contributed by atoms with Gasteiger partial charge in [-0.2, -0.15) is 0 Å². The molecule has 0 radical (unpaired) electrons. The number of benzene rings is 2. The van der Waals surface area contributed by atoms with Crippen molar-refractivity contribution in [3.8, 4) is 11.5 Å². The van der Waals surface area contributed by atoms with E-state index in [0.29, 0.717) is 18.8 Å². The van der Waals surface area contributed by atoms with Crippen molar-refractivity contribution in [1.82, 2.24) is 0 Å². The Kier molecular flexibility index (Phi) is 5.89. The minimum Gasteiger partial charge on any atom is -0.490 e. The van der Waals surface area contributed by atoms with Gasteiger partial charge in [-0.05, 0) is 60.7 Å². The molecule has 0 bridgehead atoms. The number of carbonyl (C=O) groups excluding carboxylic acids is 1. The minimum atomic E-state index is 0.477. The topological polar surface area (TPSA) is 35.5 Å². The molecule has 1 aliphatic rings. The van der Waals surface area contributed by atoms with Crippen molar-refractivity contribution < 1.29 is 14.3 Å². The smallest absolute Gasteiger partial charge is 0.150 e. The monoisotopic (exact) mass is 324 g/mol. The van der Waals surface area contributed by atoms with Crippen molar-refractivity contribution in [3.63, 3.8) is 0 Å². The third-order valence-corrected chi connectivity index (χ3v) is 4.59. The summed E-state index contributed by atoms with van der Waals surface area (Å²) in [5.41, 5.74) is 2.09. The van der Waals surface area contributed by atoms with Gasteiger partial charge in [-0.15, -0.1) is 0 Å². The first-order valence-corrected chi connectivity index (χ1v) is 8.76. The Morgan fingerprint density at radius 1 is 0.792 bits per heavy atom. The Morgan fingerprint density at radius 3 is 1.88 bits per heavy atom. The van der Waals surface area contributed by atoms with Crippen LogP contribution in [0.2, 0.25) is 0 Å². The maximum Gasteiger partial charge on any atom is 0.150 e. The van der Waals surface area contributed by atoms with E-state index < -0.39 is 0 Å². The van der Waals surface area contributed by atoms with Crippen molar-refractivity contribution in [3.05, 3.63) is 59.7 Å². The molecular weight excluding hydrogens is 300 g/mol. The van der Waals surface area contributed by atoms with E-state index in [0.717, 1.165) is 23.7 Å². The lowest BCUT2D eigenvalue weighted by Crippen LogP contribution is -2.09. The zero-order valence-corrected chi connectivity index (χ0v) is 13.9. The van der Waals surface area contributed by atoms with Gasteiger partial charge < -0.3 is 9.47 Å². The first-order chi connectivity index (χ1) is 11.8. The van der Waals surface area contributed by atoms with Crippen LogP contribution < -0.4 is 9.47 Å². The van der Waals surface area contributed by atoms with Crippen LogP contribution >= 0.6 is 0 Å². The van der Waals surface area contributed by atoms with Gasteiger partial charge in [0.05, 0.1) is 0 Å². The summed E-state index contributed by atoms with van der Waals surface area (Å²) in [6, 6.07) is 15.6. The van der Waals surface area contributed by atoms with Gasteiger partial charge in [0.2, 0.25) is 0 Å². The molecule has 0 heterocycles. The van der Waals surface area contributed by atoms with E-state index in [-0.39, 0.29) is 0 Å². The summed E-state index contributed by atoms with van der Waals surface area (Å²) in [5, 5.41) is 0. The lowest BCUT2D eigenvalue weighted by Gasteiger charge is -2.22. The summed E-state index contributed by atoms with van der Waals surface area (Å²) >= 11 is 0. The Hall–Kier alpha value is -2.29. The van der Waals surface area contributed by atoms with Gasteiger partial charge in [0.1, 0.15) is 31.0 Å². The van der Waals surface area contributed by atoms with E-state index in [9.17, 15) is 4.79 Å². The lowest BCUT2D eigenvalue weighted by atomic mass is 9.84. The highest BCUT2D eigenvalue weighted by Crippen LogP contribution is 2.33. The average Bonchev–Trinajstić information content (AvgIpc) is 2.67. The SMILES string of the molecule is O=Cc1ccc(OCCOc2ccc(C3CCCCC3)cc2)cc1. The van der Waals surface area contributed by atoms with Gasteiger partial charge in [0.25, 0.3) is 0 Å². The van der Waals surface area contributed by atoms with Crippen LogP contribution in [0.1, 0.15) is 53.9 Å². The van der Waals surface area contributed by atoms with Crippen molar-refractivity contribution in [2.24, 2.45) is 0 Å². The predicted molar refractivity (Wildman–Crippen MR) is 95.1 cm³/mol. The molecule has 0 aromatic heterocycles. The molecule has 3 rings (SSSR count). The Balaban J connectivity index is 1.42. The zero-order valence-electron chi connectivity index (χ0n) is 13.9. The second-order valence-electron chi connectivity index (χ2n) is 6.29. The molecule has 0 N–H and O–H groups in total. The number of carbonyl (C=O) groups is 1. The highest BCUT2D eigenvalue weighted by molar-refractivity contribution is 5.74. The fourth-order valence-electron chi connectivity index (χ4n) is 3.23. The average molecular weight is 324 g/mol. The molecule has 0 unspecified atom stereocenters. The quantitative estimate of drug-likeness (QED) is 0.531. The summed E-state index contributed by atoms with van der Waals surface area (Å²) < 4.78 is 11.3. The Bertz CT molecular complexity index is 625. The first-order valence-electron chi connectivity index (χ1n) is 8.76. The largest absolute Gasteiger partial charge is 0.490 e. The van der Waals surface area contributed by atoms with Crippen molar-refractivity contribution in [2.45, 2.75) is 38.0 Å². The zero-order chi connectivity index (χ0) is 16.6. The molecule has 0 atom stereocenters. The van der Waals surface area contributed by atoms with Crippen molar-refractivity contribution >= 4 is 6.29 Å². The molecule has 24 heavy (non-hydrogen) atoms. The van der Waals surface area contributed by atoms with E-state index in [1.165, 1.54) is 37.7 Å². The molecule has 2 aromatic carbocycles. The minimum absolute atomic E-state index is 0.477. The molecule has 0 spiro atoms. The molecule has 3 heteroatoms. The third-order valence-electron chi connectivity index (χ3n) is 4.59. The fraction of sp³-hybridized carbons (Fsp3) is 0.381. The Morgan fingerprint density at radius 2 is 1.33 bits per heavy atom. The van der Waals surface area contributed by atoms with Crippen LogP contribution in [0.4, 0.5) is 0 Å². The third kappa shape index (κ3) is 4.60. The van der Waals surface area contributed by atoms with E-state index in [1.807, 2.05) is 0 Å². The summed E-state index contributed by atoms with van der Waals surface area (Å²) in [6.07, 6.45) is 7.55. The van der Waals surface area contributed by atoms with Crippen LogP contribution in [0.5, 0.6) is 11.5 Å². The standard InChI is InChI=1S/C21H24O3/c22-16-17-6-10-20(11-7-17)23-14-15-24-21-12-8-19(9-13-21)18-4-2-1-3-5-18/h6-13,16,18H,1-5,14-15H2. The molecule has 2 aromatic rings. The summed E-state index contributed by atoms with van der Waals surface area (Å²) in [7, 11) is 0. The molecule has 1 aliphatic carbocycles. The van der Waals surface area contributed by atoms with Gasteiger partial charge in [0.15, 0.2) is 0 Å². The van der Waals surface area contributed by atoms with E-state index in [2.05, 4.69) is 24.3 Å². The molecule has 0 amide bonds. The van der Waals surface area contributed by atoms with Crippen LogP contribution in [0.25, 0.3) is 0 Å². The van der Waals surface area contributed by atoms with Crippen molar-refractivity contribution in [2.75, 3.05) is 13.2 Å². The second kappa shape index (κ2) is 8.53. The number of ether oxygens (including phenoxy) is 2. The summed E-state index contributed by atoms with van der Waals surface area (Å²) in [5.74, 6) is 2.36. The predicted octanol–water partition coefficient (Wildman–Crippen LogP) is 5.00. The summed E-state index contributed by atoms with van der Waals surface area (Å²) in [4.78, 5) is 10.6. The van der Waals surface area contributed by atoms with Crippen LogP contribution in [0, 0.1) is 0 Å². The molecule has 1 fully saturated rings. The fourth-order valence-corrected chi connectivity index (χ4v) is 3.23. The van der Waals surface area contributed by atoms with E-state index in [4.69, 9.17) is 9.47 Å². The van der Waals surface area contributed by atoms with E-state index >= 15 is 0 Å². The normalized spacial score (nSPS) is 15.0. The second-order valence-corrected chi connectivity index (χ2v) is 6.29. The molecular formula is C21H24O3. The molecule has 0 saturated heterocycles. The lowest BCUT2D eigenvalue weighted by molar-refractivity contribution is 0.112. The molecule has 1 saturated carbocycles. The van der Waals surface area contributed by atoms with Crippen LogP contribution in [-0.4, -0.2) is 19.5 Å². The van der Waals surface area contributed by atoms with Gasteiger partial charge in [-0.25, -0.2) is 0 Å². The van der Waals surface area contributed by atoms with Gasteiger partial charge >= 0.3 is 0 Å². The number of rotatable bonds is 7. The van der Waals surface area contributed by atoms with Crippen LogP contribution in [0.3, 0.4) is 0 Å². The summed E-state index contributed by atoms with van der Waals surface area (Å²) in [6.45, 7) is 0.975. The molecule has 3 nitrogen and oxygen atoms in total. The van der Waals surface area contributed by atoms with Crippen LogP contribution in [0.15, 0.2) is 48.5 Å². The van der Waals surface area contributed by atoms with Crippen molar-refractivity contribution in [1.29, 1.82) is 0 Å². The maximum atomic E-state index is 10.6. The number of aldehydes is 1. The highest BCUT2D eigenvalue weighted by Gasteiger charge is 2.15. The van der Waals surface area contributed by atoms with Gasteiger partial charge in [-0.1, -0.05) is 31.4 Å². The van der Waals surface area contributed by atoms with Gasteiger partial charge in [0, 0.05) is 5.56 Å². The van der Waals surface area contributed by atoms with E-state index in [1.54, 1.807) is 24.3 Å². The maximum absolute atomic E-state index is 10.6. The number of hydrogen-bond donors (Lipinski definition) is 0. The first kappa shape index (κ1) is 16.6. The van der Waals surface area contributed by atoms with Gasteiger partial charge in [-0.3, -0.25) is 4.79 Å². The van der Waals surface area contributed by atoms with Crippen LogP contribution in [-0.2, 0) is 0 Å². The Labute approximate surface area is 143 Å². The molecule has 126 valence electrons. The molecule has 0 aliphatic heterocycles. The number of hydrogen-bond acceptors (Lipinski definition) is 3. The highest BCUT2D eigenvalue weighted by atomic mass is 16.5.